The lowest BCUT2D eigenvalue weighted by molar-refractivity contribution is -0.115. The van der Waals surface area contributed by atoms with E-state index in [1.165, 1.54) is 12.1 Å². The van der Waals surface area contributed by atoms with E-state index >= 15 is 0 Å². The van der Waals surface area contributed by atoms with Crippen LogP contribution in [0.25, 0.3) is 11.5 Å². The van der Waals surface area contributed by atoms with Crippen LogP contribution in [0.4, 0.5) is 10.4 Å². The first kappa shape index (κ1) is 19.3. The number of benzene rings is 2. The number of hydrogen-bond donors (Lipinski definition) is 1. The van der Waals surface area contributed by atoms with Crippen LogP contribution in [0.5, 0.6) is 11.5 Å². The minimum atomic E-state index is -0.354. The molecule has 0 spiro atoms. The Balaban J connectivity index is 1.70. The zero-order valence-electron chi connectivity index (χ0n) is 15.6. The number of carbonyl (C=O) groups excluding carboxylic acids is 1. The van der Waals surface area contributed by atoms with E-state index in [-0.39, 0.29) is 30.1 Å². The molecule has 2 aromatic carbocycles. The molecule has 0 bridgehead atoms. The molecule has 0 aliphatic heterocycles. The fourth-order valence-corrected chi connectivity index (χ4v) is 2.53. The van der Waals surface area contributed by atoms with Crippen molar-refractivity contribution in [3.05, 3.63) is 53.8 Å². The zero-order valence-corrected chi connectivity index (χ0v) is 15.6. The number of nitrogens with zero attached hydrogens (tertiary/aromatic N) is 2. The van der Waals surface area contributed by atoms with Gasteiger partial charge in [-0.1, -0.05) is 17.2 Å². The quantitative estimate of drug-likeness (QED) is 0.634. The van der Waals surface area contributed by atoms with Gasteiger partial charge in [-0.2, -0.15) is 0 Å². The molecule has 0 aliphatic carbocycles. The average Bonchev–Trinajstić information content (AvgIpc) is 3.14. The van der Waals surface area contributed by atoms with Crippen LogP contribution in [0, 0.1) is 5.82 Å². The van der Waals surface area contributed by atoms with E-state index in [0.29, 0.717) is 35.8 Å². The van der Waals surface area contributed by atoms with Crippen molar-refractivity contribution in [2.45, 2.75) is 20.3 Å². The van der Waals surface area contributed by atoms with Gasteiger partial charge in [0.15, 0.2) is 11.5 Å². The summed E-state index contributed by atoms with van der Waals surface area (Å²) in [4.78, 5) is 12.1. The Bertz CT molecular complexity index is 941. The van der Waals surface area contributed by atoms with Crippen LogP contribution >= 0.6 is 0 Å². The molecule has 0 aliphatic rings. The molecule has 1 amide bonds. The summed E-state index contributed by atoms with van der Waals surface area (Å²) >= 11 is 0. The number of anilines is 1. The van der Waals surface area contributed by atoms with E-state index in [2.05, 4.69) is 15.5 Å². The molecule has 0 unspecified atom stereocenters. The van der Waals surface area contributed by atoms with E-state index in [9.17, 15) is 9.18 Å². The van der Waals surface area contributed by atoms with E-state index in [0.717, 1.165) is 0 Å². The van der Waals surface area contributed by atoms with Gasteiger partial charge in [-0.25, -0.2) is 4.39 Å². The first-order valence-corrected chi connectivity index (χ1v) is 8.86. The molecule has 28 heavy (non-hydrogen) atoms. The Labute approximate surface area is 161 Å². The Kier molecular flexibility index (Phi) is 6.21. The normalized spacial score (nSPS) is 10.5. The minimum Gasteiger partial charge on any atom is -0.490 e. The van der Waals surface area contributed by atoms with Crippen molar-refractivity contribution >= 4 is 11.9 Å². The summed E-state index contributed by atoms with van der Waals surface area (Å²) in [6, 6.07) is 10.9. The first-order chi connectivity index (χ1) is 13.6. The molecule has 1 aromatic heterocycles. The van der Waals surface area contributed by atoms with Gasteiger partial charge in [0.05, 0.1) is 19.6 Å². The third kappa shape index (κ3) is 4.85. The van der Waals surface area contributed by atoms with Gasteiger partial charge in [0.25, 0.3) is 0 Å². The van der Waals surface area contributed by atoms with Crippen LogP contribution in [0.2, 0.25) is 0 Å². The summed E-state index contributed by atoms with van der Waals surface area (Å²) < 4.78 is 29.6. The number of hydrogen-bond acceptors (Lipinski definition) is 6. The van der Waals surface area contributed by atoms with Gasteiger partial charge in [0.2, 0.25) is 11.8 Å². The molecular weight excluding hydrogens is 365 g/mol. The topological polar surface area (TPSA) is 86.5 Å². The molecule has 1 heterocycles. The SMILES string of the molecule is CCOc1ccc(-c2nnc(NC(=O)Cc3ccc(F)cc3)o2)cc1OCC. The van der Waals surface area contributed by atoms with Crippen molar-refractivity contribution in [3.63, 3.8) is 0 Å². The molecule has 7 nitrogen and oxygen atoms in total. The van der Waals surface area contributed by atoms with Gasteiger partial charge in [-0.05, 0) is 49.7 Å². The first-order valence-electron chi connectivity index (χ1n) is 8.86. The van der Waals surface area contributed by atoms with Gasteiger partial charge >= 0.3 is 6.01 Å². The fourth-order valence-electron chi connectivity index (χ4n) is 2.53. The van der Waals surface area contributed by atoms with Crippen molar-refractivity contribution in [1.82, 2.24) is 10.2 Å². The van der Waals surface area contributed by atoms with E-state index in [1.807, 2.05) is 13.8 Å². The second kappa shape index (κ2) is 8.98. The Hall–Kier alpha value is -3.42. The van der Waals surface area contributed by atoms with E-state index in [1.54, 1.807) is 30.3 Å². The Morgan fingerprint density at radius 1 is 1.04 bits per heavy atom. The predicted octanol–water partition coefficient (Wildman–Crippen LogP) is 3.85. The summed E-state index contributed by atoms with van der Waals surface area (Å²) in [6.07, 6.45) is 0.0650. The van der Waals surface area contributed by atoms with Crippen molar-refractivity contribution in [1.29, 1.82) is 0 Å². The number of ether oxygens (including phenoxy) is 2. The highest BCUT2D eigenvalue weighted by atomic mass is 19.1. The predicted molar refractivity (Wildman–Crippen MR) is 101 cm³/mol. The molecule has 3 aromatic rings. The fraction of sp³-hybridized carbons (Fsp3) is 0.250. The molecule has 8 heteroatoms. The summed E-state index contributed by atoms with van der Waals surface area (Å²) in [7, 11) is 0. The molecular formula is C20H20FN3O4. The molecule has 0 fully saturated rings. The molecule has 0 saturated heterocycles. The second-order valence-electron chi connectivity index (χ2n) is 5.79. The summed E-state index contributed by atoms with van der Waals surface area (Å²) in [6.45, 7) is 4.77. The lowest BCUT2D eigenvalue weighted by atomic mass is 10.1. The average molecular weight is 385 g/mol. The highest BCUT2D eigenvalue weighted by Gasteiger charge is 2.14. The van der Waals surface area contributed by atoms with Crippen molar-refractivity contribution < 1.29 is 23.1 Å². The highest BCUT2D eigenvalue weighted by Crippen LogP contribution is 2.32. The van der Waals surface area contributed by atoms with Gasteiger partial charge in [0, 0.05) is 5.56 Å². The van der Waals surface area contributed by atoms with E-state index < -0.39 is 0 Å². The monoisotopic (exact) mass is 385 g/mol. The maximum absolute atomic E-state index is 12.9. The van der Waals surface area contributed by atoms with Crippen molar-refractivity contribution in [3.8, 4) is 23.0 Å². The van der Waals surface area contributed by atoms with Crippen LogP contribution < -0.4 is 14.8 Å². The maximum atomic E-state index is 12.9. The molecule has 1 N–H and O–H groups in total. The van der Waals surface area contributed by atoms with Gasteiger partial charge in [-0.15, -0.1) is 5.10 Å². The number of amides is 1. The Morgan fingerprint density at radius 2 is 1.75 bits per heavy atom. The second-order valence-corrected chi connectivity index (χ2v) is 5.79. The van der Waals surface area contributed by atoms with Gasteiger partial charge in [0.1, 0.15) is 5.82 Å². The summed E-state index contributed by atoms with van der Waals surface area (Å²) in [5.41, 5.74) is 1.31. The molecule has 0 atom stereocenters. The maximum Gasteiger partial charge on any atom is 0.322 e. The van der Waals surface area contributed by atoms with Crippen LogP contribution in [0.3, 0.4) is 0 Å². The van der Waals surface area contributed by atoms with Crippen molar-refractivity contribution in [2.75, 3.05) is 18.5 Å². The smallest absolute Gasteiger partial charge is 0.322 e. The summed E-state index contributed by atoms with van der Waals surface area (Å²) in [5.74, 6) is 0.736. The molecule has 0 saturated carbocycles. The van der Waals surface area contributed by atoms with Crippen LogP contribution in [0.15, 0.2) is 46.9 Å². The largest absolute Gasteiger partial charge is 0.490 e. The lowest BCUT2D eigenvalue weighted by Crippen LogP contribution is -2.14. The molecule has 146 valence electrons. The van der Waals surface area contributed by atoms with Crippen LogP contribution in [0.1, 0.15) is 19.4 Å². The third-order valence-electron chi connectivity index (χ3n) is 3.74. The summed E-state index contributed by atoms with van der Waals surface area (Å²) in [5, 5.41) is 10.3. The lowest BCUT2D eigenvalue weighted by Gasteiger charge is -2.11. The number of aromatic nitrogens is 2. The highest BCUT2D eigenvalue weighted by molar-refractivity contribution is 5.90. The molecule has 0 radical (unpaired) electrons. The number of carbonyl (C=O) groups is 1. The Morgan fingerprint density at radius 3 is 2.46 bits per heavy atom. The van der Waals surface area contributed by atoms with Crippen LogP contribution in [-0.4, -0.2) is 29.3 Å². The minimum absolute atomic E-state index is 0.0195. The number of nitrogens with one attached hydrogen (secondary N) is 1. The van der Waals surface area contributed by atoms with E-state index in [4.69, 9.17) is 13.9 Å². The standard InChI is InChI=1S/C20H20FN3O4/c1-3-26-16-10-7-14(12-17(16)27-4-2)19-23-24-20(28-19)22-18(25)11-13-5-8-15(21)9-6-13/h5-10,12H,3-4,11H2,1-2H3,(H,22,24,25). The zero-order chi connectivity index (χ0) is 19.9. The van der Waals surface area contributed by atoms with Gasteiger partial charge in [-0.3, -0.25) is 10.1 Å². The third-order valence-corrected chi connectivity index (χ3v) is 3.74. The van der Waals surface area contributed by atoms with Crippen LogP contribution in [-0.2, 0) is 11.2 Å². The molecule has 3 rings (SSSR count). The number of halogens is 1. The number of rotatable bonds is 8. The van der Waals surface area contributed by atoms with Crippen molar-refractivity contribution in [2.24, 2.45) is 0 Å². The van der Waals surface area contributed by atoms with Gasteiger partial charge < -0.3 is 13.9 Å².